The smallest absolute Gasteiger partial charge is 0.166 e. The van der Waals surface area contributed by atoms with Crippen molar-refractivity contribution in [1.29, 1.82) is 0 Å². The van der Waals surface area contributed by atoms with Gasteiger partial charge in [-0.25, -0.2) is 4.39 Å². The molecule has 0 aromatic heterocycles. The molecule has 1 aliphatic heterocycles. The third-order valence-electron chi connectivity index (χ3n) is 4.28. The molecule has 1 atom stereocenters. The van der Waals surface area contributed by atoms with Gasteiger partial charge in [0.05, 0.1) is 5.60 Å². The first-order valence-corrected chi connectivity index (χ1v) is 7.52. The molecule has 4 heteroatoms. The molecule has 1 unspecified atom stereocenters. The topological polar surface area (TPSA) is 26.3 Å². The summed E-state index contributed by atoms with van der Waals surface area (Å²) in [5.74, 6) is -0.347. The van der Waals surface area contributed by atoms with Crippen molar-refractivity contribution < 1.29 is 13.9 Å². The number of halogens is 2. The molecule has 1 saturated carbocycles. The number of ether oxygens (including phenoxy) is 1. The van der Waals surface area contributed by atoms with E-state index in [1.165, 1.54) is 18.6 Å². The van der Waals surface area contributed by atoms with Crippen LogP contribution in [0, 0.1) is 11.7 Å². The summed E-state index contributed by atoms with van der Waals surface area (Å²) in [7, 11) is 0. The highest BCUT2D eigenvalue weighted by atomic mass is 79.9. The lowest BCUT2D eigenvalue weighted by atomic mass is 9.70. The summed E-state index contributed by atoms with van der Waals surface area (Å²) >= 11 is 3.24. The molecule has 0 radical (unpaired) electrons. The molecule has 102 valence electrons. The van der Waals surface area contributed by atoms with Gasteiger partial charge in [-0.1, -0.05) is 15.9 Å². The Bertz CT molecular complexity index is 491. The summed E-state index contributed by atoms with van der Waals surface area (Å²) < 4.78 is 19.8. The van der Waals surface area contributed by atoms with Crippen molar-refractivity contribution in [3.63, 3.8) is 0 Å². The molecule has 0 amide bonds. The second-order valence-corrected chi connectivity index (χ2v) is 6.51. The molecule has 1 aromatic carbocycles. The number of carbonyl (C=O) groups is 1. The normalized spacial score (nSPS) is 25.1. The molecular weight excluding hydrogens is 311 g/mol. The van der Waals surface area contributed by atoms with Crippen LogP contribution in [0.4, 0.5) is 4.39 Å². The van der Waals surface area contributed by atoms with Gasteiger partial charge in [0.1, 0.15) is 5.82 Å². The Hall–Kier alpha value is -0.740. The third-order valence-corrected chi connectivity index (χ3v) is 4.73. The van der Waals surface area contributed by atoms with E-state index in [1.54, 1.807) is 6.07 Å². The van der Waals surface area contributed by atoms with Gasteiger partial charge in [0.25, 0.3) is 0 Å². The van der Waals surface area contributed by atoms with E-state index >= 15 is 0 Å². The Balaban J connectivity index is 1.79. The number of carbonyl (C=O) groups excluding carboxylic acids is 1. The fourth-order valence-corrected chi connectivity index (χ4v) is 3.57. The van der Waals surface area contributed by atoms with E-state index in [2.05, 4.69) is 15.9 Å². The number of ketones is 1. The van der Waals surface area contributed by atoms with Crippen molar-refractivity contribution in [2.45, 2.75) is 37.7 Å². The van der Waals surface area contributed by atoms with Crippen molar-refractivity contribution >= 4 is 21.7 Å². The van der Waals surface area contributed by atoms with Gasteiger partial charge >= 0.3 is 0 Å². The van der Waals surface area contributed by atoms with E-state index in [1.807, 2.05) is 0 Å². The first kappa shape index (κ1) is 13.3. The van der Waals surface area contributed by atoms with Crippen molar-refractivity contribution in [2.24, 2.45) is 5.92 Å². The Kier molecular flexibility index (Phi) is 3.48. The quantitative estimate of drug-likeness (QED) is 0.764. The van der Waals surface area contributed by atoms with Gasteiger partial charge < -0.3 is 4.74 Å². The fourth-order valence-electron chi connectivity index (χ4n) is 3.10. The highest BCUT2D eigenvalue weighted by molar-refractivity contribution is 9.10. The number of hydrogen-bond donors (Lipinski definition) is 0. The van der Waals surface area contributed by atoms with Crippen LogP contribution in [-0.2, 0) is 4.74 Å². The van der Waals surface area contributed by atoms with Gasteiger partial charge in [-0.05, 0) is 50.3 Å². The molecule has 3 rings (SSSR count). The summed E-state index contributed by atoms with van der Waals surface area (Å²) in [4.78, 5) is 12.5. The predicted molar refractivity (Wildman–Crippen MR) is 73.7 cm³/mol. The molecule has 1 aliphatic carbocycles. The van der Waals surface area contributed by atoms with Crippen LogP contribution in [0.2, 0.25) is 0 Å². The first-order valence-electron chi connectivity index (χ1n) is 6.72. The molecular formula is C15H16BrFO2. The summed E-state index contributed by atoms with van der Waals surface area (Å²) in [6.45, 7) is 0.646. The van der Waals surface area contributed by atoms with Crippen LogP contribution in [0.1, 0.15) is 42.5 Å². The zero-order chi connectivity index (χ0) is 13.5. The number of hydrogen-bond acceptors (Lipinski definition) is 2. The second-order valence-electron chi connectivity index (χ2n) is 5.60. The lowest BCUT2D eigenvalue weighted by molar-refractivity contribution is -0.137. The largest absolute Gasteiger partial charge is 0.375 e. The van der Waals surface area contributed by atoms with Gasteiger partial charge in [-0.2, -0.15) is 0 Å². The monoisotopic (exact) mass is 326 g/mol. The van der Waals surface area contributed by atoms with Crippen LogP contribution in [0.15, 0.2) is 22.7 Å². The number of rotatable bonds is 2. The van der Waals surface area contributed by atoms with E-state index in [0.717, 1.165) is 25.7 Å². The Morgan fingerprint density at radius 2 is 2.16 bits per heavy atom. The lowest BCUT2D eigenvalue weighted by Gasteiger charge is -2.46. The summed E-state index contributed by atoms with van der Waals surface area (Å²) in [6.07, 6.45) is 4.84. The van der Waals surface area contributed by atoms with Gasteiger partial charge in [0.2, 0.25) is 0 Å². The molecule has 0 bridgehead atoms. The minimum Gasteiger partial charge on any atom is -0.375 e. The number of benzene rings is 1. The van der Waals surface area contributed by atoms with Gasteiger partial charge in [-0.3, -0.25) is 4.79 Å². The molecule has 1 spiro atoms. The SMILES string of the molecule is O=C(c1cc(F)cc(Br)c1)C1CCOC2(CCC2)C1. The molecule has 1 heterocycles. The summed E-state index contributed by atoms with van der Waals surface area (Å²) in [6, 6.07) is 4.40. The fraction of sp³-hybridized carbons (Fsp3) is 0.533. The molecule has 2 fully saturated rings. The zero-order valence-corrected chi connectivity index (χ0v) is 12.2. The summed E-state index contributed by atoms with van der Waals surface area (Å²) in [5, 5.41) is 0. The van der Waals surface area contributed by atoms with Crippen molar-refractivity contribution in [2.75, 3.05) is 6.61 Å². The average molecular weight is 327 g/mol. The van der Waals surface area contributed by atoms with Crippen LogP contribution in [0.25, 0.3) is 0 Å². The maximum Gasteiger partial charge on any atom is 0.166 e. The van der Waals surface area contributed by atoms with E-state index in [0.29, 0.717) is 16.6 Å². The minimum atomic E-state index is -0.372. The van der Waals surface area contributed by atoms with Crippen molar-refractivity contribution in [3.8, 4) is 0 Å². The maximum absolute atomic E-state index is 13.4. The van der Waals surface area contributed by atoms with Gasteiger partial charge in [0.15, 0.2) is 5.78 Å². The van der Waals surface area contributed by atoms with E-state index in [-0.39, 0.29) is 23.1 Å². The van der Waals surface area contributed by atoms with Crippen LogP contribution in [-0.4, -0.2) is 18.0 Å². The van der Waals surface area contributed by atoms with Crippen LogP contribution < -0.4 is 0 Å². The minimum absolute atomic E-state index is 0.0252. The Morgan fingerprint density at radius 1 is 1.37 bits per heavy atom. The standard InChI is InChI=1S/C15H16BrFO2/c16-12-6-11(7-13(17)8-12)14(18)10-2-5-19-15(9-10)3-1-4-15/h6-8,10H,1-5,9H2. The highest BCUT2D eigenvalue weighted by Crippen LogP contribution is 2.44. The molecule has 0 N–H and O–H groups in total. The number of Topliss-reactive ketones (excluding diaryl/α,β-unsaturated/α-hetero) is 1. The molecule has 19 heavy (non-hydrogen) atoms. The second kappa shape index (κ2) is 4.98. The molecule has 1 aromatic rings. The van der Waals surface area contributed by atoms with Gasteiger partial charge in [0, 0.05) is 22.6 Å². The highest BCUT2D eigenvalue weighted by Gasteiger charge is 2.44. The predicted octanol–water partition coefficient (Wildman–Crippen LogP) is 4.12. The Morgan fingerprint density at radius 3 is 2.79 bits per heavy atom. The maximum atomic E-state index is 13.4. The van der Waals surface area contributed by atoms with Crippen LogP contribution in [0.5, 0.6) is 0 Å². The van der Waals surface area contributed by atoms with Crippen molar-refractivity contribution in [3.05, 3.63) is 34.1 Å². The Labute approximate surface area is 120 Å². The van der Waals surface area contributed by atoms with E-state index in [9.17, 15) is 9.18 Å². The lowest BCUT2D eigenvalue weighted by Crippen LogP contribution is -2.47. The molecule has 2 nitrogen and oxygen atoms in total. The van der Waals surface area contributed by atoms with Crippen molar-refractivity contribution in [1.82, 2.24) is 0 Å². The van der Waals surface area contributed by atoms with Crippen LogP contribution in [0.3, 0.4) is 0 Å². The first-order chi connectivity index (χ1) is 9.08. The third kappa shape index (κ3) is 2.61. The van der Waals surface area contributed by atoms with E-state index < -0.39 is 0 Å². The summed E-state index contributed by atoms with van der Waals surface area (Å²) in [5.41, 5.74) is 0.414. The van der Waals surface area contributed by atoms with Gasteiger partial charge in [-0.15, -0.1) is 0 Å². The molecule has 2 aliphatic rings. The van der Waals surface area contributed by atoms with E-state index in [4.69, 9.17) is 4.74 Å². The zero-order valence-electron chi connectivity index (χ0n) is 10.6. The molecule has 1 saturated heterocycles. The van der Waals surface area contributed by atoms with Crippen LogP contribution >= 0.6 is 15.9 Å². The average Bonchev–Trinajstić information content (AvgIpc) is 2.35.